The predicted octanol–water partition coefficient (Wildman–Crippen LogP) is 5.42. The number of hydrogen-bond acceptors (Lipinski definition) is 3. The van der Waals surface area contributed by atoms with Crippen molar-refractivity contribution in [2.24, 2.45) is 0 Å². The van der Waals surface area contributed by atoms with Crippen molar-refractivity contribution in [3.05, 3.63) is 48.0 Å². The first-order chi connectivity index (χ1) is 14.0. The average Bonchev–Trinajstić information content (AvgIpc) is 2.68. The number of nitrogens with zero attached hydrogens (tertiary/aromatic N) is 3. The highest BCUT2D eigenvalue weighted by Gasteiger charge is 2.20. The fourth-order valence-electron chi connectivity index (χ4n) is 4.00. The van der Waals surface area contributed by atoms with E-state index in [1.54, 1.807) is 19.2 Å². The van der Waals surface area contributed by atoms with Crippen molar-refractivity contribution >= 4 is 11.6 Å². The molecule has 5 heteroatoms. The van der Waals surface area contributed by atoms with Crippen LogP contribution in [0.5, 0.6) is 0 Å². The van der Waals surface area contributed by atoms with E-state index in [4.69, 9.17) is 0 Å². The first kappa shape index (κ1) is 21.4. The fourth-order valence-corrected chi connectivity index (χ4v) is 4.00. The number of pyridine rings is 1. The highest BCUT2D eigenvalue weighted by Crippen LogP contribution is 2.30. The molecule has 0 N–H and O–H groups in total. The maximum atomic E-state index is 13.2. The van der Waals surface area contributed by atoms with Crippen molar-refractivity contribution < 1.29 is 9.18 Å². The van der Waals surface area contributed by atoms with Gasteiger partial charge in [-0.1, -0.05) is 25.3 Å². The lowest BCUT2D eigenvalue weighted by atomic mass is 10.0. The van der Waals surface area contributed by atoms with Crippen LogP contribution in [-0.2, 0) is 11.3 Å². The molecule has 0 saturated carbocycles. The van der Waals surface area contributed by atoms with Crippen LogP contribution in [0.1, 0.15) is 58.4 Å². The zero-order valence-electron chi connectivity index (χ0n) is 17.8. The van der Waals surface area contributed by atoms with Gasteiger partial charge in [0.15, 0.2) is 0 Å². The number of aromatic nitrogens is 1. The summed E-state index contributed by atoms with van der Waals surface area (Å²) in [6.45, 7) is 8.69. The summed E-state index contributed by atoms with van der Waals surface area (Å²) in [5.41, 5.74) is 4.00. The topological polar surface area (TPSA) is 36.4 Å². The molecular formula is C24H32FN3O. The molecule has 2 heterocycles. The van der Waals surface area contributed by atoms with Crippen molar-refractivity contribution in [3.8, 4) is 11.1 Å². The zero-order valence-corrected chi connectivity index (χ0v) is 17.8. The van der Waals surface area contributed by atoms with E-state index in [0.717, 1.165) is 54.9 Å². The predicted molar refractivity (Wildman–Crippen MR) is 116 cm³/mol. The van der Waals surface area contributed by atoms with E-state index in [0.29, 0.717) is 6.04 Å². The number of carbonyl (C=O) groups excluding carboxylic acids is 1. The number of rotatable bonds is 2. The summed E-state index contributed by atoms with van der Waals surface area (Å²) in [6.07, 6.45) is 7.40. The fraction of sp³-hybridized carbons (Fsp3) is 0.500. The van der Waals surface area contributed by atoms with Crippen LogP contribution in [0.25, 0.3) is 11.1 Å². The Morgan fingerprint density at radius 1 is 1.00 bits per heavy atom. The van der Waals surface area contributed by atoms with Crippen molar-refractivity contribution in [1.82, 2.24) is 9.88 Å². The summed E-state index contributed by atoms with van der Waals surface area (Å²) in [4.78, 5) is 20.6. The lowest BCUT2D eigenvalue weighted by Gasteiger charge is -2.31. The van der Waals surface area contributed by atoms with Gasteiger partial charge in [0.05, 0.1) is 0 Å². The molecule has 2 aromatic rings. The van der Waals surface area contributed by atoms with Gasteiger partial charge >= 0.3 is 0 Å². The van der Waals surface area contributed by atoms with Crippen LogP contribution in [0.4, 0.5) is 10.1 Å². The van der Waals surface area contributed by atoms with Gasteiger partial charge in [0.2, 0.25) is 11.9 Å². The summed E-state index contributed by atoms with van der Waals surface area (Å²) in [7, 11) is 0. The Kier molecular flexibility index (Phi) is 7.37. The third-order valence-electron chi connectivity index (χ3n) is 5.74. The number of carbonyl (C=O) groups is 1. The highest BCUT2D eigenvalue weighted by molar-refractivity contribution is 5.92. The molecule has 29 heavy (non-hydrogen) atoms. The largest absolute Gasteiger partial charge is 0.312 e. The number of halogens is 1. The molecule has 0 saturated heterocycles. The maximum absolute atomic E-state index is 13.2. The van der Waals surface area contributed by atoms with Crippen LogP contribution in [-0.4, -0.2) is 34.9 Å². The first-order valence-corrected chi connectivity index (χ1v) is 10.7. The van der Waals surface area contributed by atoms with Crippen LogP contribution in [0, 0.1) is 5.95 Å². The Labute approximate surface area is 173 Å². The molecule has 1 aliphatic heterocycles. The van der Waals surface area contributed by atoms with Gasteiger partial charge in [-0.15, -0.1) is 0 Å². The van der Waals surface area contributed by atoms with Gasteiger partial charge < -0.3 is 4.90 Å². The van der Waals surface area contributed by atoms with Crippen LogP contribution in [0.15, 0.2) is 36.5 Å². The Morgan fingerprint density at radius 2 is 1.69 bits per heavy atom. The van der Waals surface area contributed by atoms with Gasteiger partial charge in [-0.05, 0) is 68.6 Å². The second kappa shape index (κ2) is 9.97. The molecule has 0 unspecified atom stereocenters. The van der Waals surface area contributed by atoms with E-state index in [1.807, 2.05) is 17.0 Å². The Hall–Kier alpha value is -2.27. The number of amides is 1. The quantitative estimate of drug-likeness (QED) is 0.635. The number of hydrogen-bond donors (Lipinski definition) is 0. The normalized spacial score (nSPS) is 16.8. The third kappa shape index (κ3) is 5.63. The minimum absolute atomic E-state index is 0.0793. The molecule has 0 spiro atoms. The van der Waals surface area contributed by atoms with E-state index < -0.39 is 5.95 Å². The van der Waals surface area contributed by atoms with Crippen molar-refractivity contribution in [1.29, 1.82) is 0 Å². The minimum atomic E-state index is -0.478. The molecule has 0 aliphatic carbocycles. The SMILES string of the molecule is CC(=O)N1CCCCCCCN(C(C)C)Cc2cc(-c3ccc(F)nc3)ccc21. The van der Waals surface area contributed by atoms with Gasteiger partial charge in [-0.2, -0.15) is 4.39 Å². The van der Waals surface area contributed by atoms with Crippen LogP contribution in [0.3, 0.4) is 0 Å². The number of benzene rings is 1. The molecular weight excluding hydrogens is 365 g/mol. The maximum Gasteiger partial charge on any atom is 0.223 e. The van der Waals surface area contributed by atoms with Gasteiger partial charge in [-0.3, -0.25) is 9.69 Å². The van der Waals surface area contributed by atoms with Gasteiger partial charge in [0.1, 0.15) is 0 Å². The van der Waals surface area contributed by atoms with Gasteiger partial charge in [0, 0.05) is 43.5 Å². The number of fused-ring (bicyclic) bond motifs is 1. The Balaban J connectivity index is 2.04. The minimum Gasteiger partial charge on any atom is -0.312 e. The molecule has 0 radical (unpaired) electrons. The van der Waals surface area contributed by atoms with Crippen molar-refractivity contribution in [2.75, 3.05) is 18.0 Å². The Bertz CT molecular complexity index is 819. The summed E-state index contributed by atoms with van der Waals surface area (Å²) >= 11 is 0. The molecule has 4 nitrogen and oxygen atoms in total. The van der Waals surface area contributed by atoms with Crippen LogP contribution >= 0.6 is 0 Å². The molecule has 0 fully saturated rings. The third-order valence-corrected chi connectivity index (χ3v) is 5.74. The lowest BCUT2D eigenvalue weighted by molar-refractivity contribution is -0.116. The summed E-state index contributed by atoms with van der Waals surface area (Å²) in [6, 6.07) is 9.75. The van der Waals surface area contributed by atoms with Crippen LogP contribution in [0.2, 0.25) is 0 Å². The van der Waals surface area contributed by atoms with Gasteiger partial charge in [-0.25, -0.2) is 4.98 Å². The van der Waals surface area contributed by atoms with Crippen LogP contribution < -0.4 is 4.90 Å². The second-order valence-electron chi connectivity index (χ2n) is 8.22. The molecule has 0 bridgehead atoms. The Morgan fingerprint density at radius 3 is 2.34 bits per heavy atom. The average molecular weight is 398 g/mol. The van der Waals surface area contributed by atoms with E-state index in [1.165, 1.54) is 25.3 Å². The molecule has 156 valence electrons. The molecule has 1 aliphatic rings. The van der Waals surface area contributed by atoms with E-state index in [9.17, 15) is 9.18 Å². The smallest absolute Gasteiger partial charge is 0.223 e. The van der Waals surface area contributed by atoms with E-state index in [2.05, 4.69) is 29.8 Å². The van der Waals surface area contributed by atoms with Crippen molar-refractivity contribution in [3.63, 3.8) is 0 Å². The monoisotopic (exact) mass is 397 g/mol. The second-order valence-corrected chi connectivity index (χ2v) is 8.22. The zero-order chi connectivity index (χ0) is 20.8. The molecule has 1 aromatic carbocycles. The lowest BCUT2D eigenvalue weighted by Crippen LogP contribution is -2.34. The molecule has 3 rings (SSSR count). The van der Waals surface area contributed by atoms with E-state index in [-0.39, 0.29) is 5.91 Å². The molecule has 0 atom stereocenters. The summed E-state index contributed by atoms with van der Waals surface area (Å²) in [5, 5.41) is 0. The summed E-state index contributed by atoms with van der Waals surface area (Å²) < 4.78 is 13.2. The molecule has 1 amide bonds. The standard InChI is InChI=1S/C24H32FN3O/c1-18(2)27-13-7-5-4-6-8-14-28(19(3)29)23-11-9-20(15-22(23)17-27)21-10-12-24(25)26-16-21/h9-12,15-16,18H,4-8,13-14,17H2,1-3H3. The van der Waals surface area contributed by atoms with Gasteiger partial charge in [0.25, 0.3) is 0 Å². The summed E-state index contributed by atoms with van der Waals surface area (Å²) in [5.74, 6) is -0.399. The molecule has 1 aromatic heterocycles. The van der Waals surface area contributed by atoms with Crippen molar-refractivity contribution in [2.45, 2.75) is 65.5 Å². The number of anilines is 1. The first-order valence-electron chi connectivity index (χ1n) is 10.7. The highest BCUT2D eigenvalue weighted by atomic mass is 19.1. The van der Waals surface area contributed by atoms with E-state index >= 15 is 0 Å².